The number of hydrogen-bond acceptors (Lipinski definition) is 6. The highest BCUT2D eigenvalue weighted by Crippen LogP contribution is 2.32. The van der Waals surface area contributed by atoms with Crippen molar-refractivity contribution in [3.05, 3.63) is 60.7 Å². The minimum Gasteiger partial charge on any atom is -0.375 e. The summed E-state index contributed by atoms with van der Waals surface area (Å²) in [5.74, 6) is 0.584. The molecule has 6 rings (SSSR count). The van der Waals surface area contributed by atoms with Crippen LogP contribution in [0.25, 0.3) is 33.5 Å². The number of pyridine rings is 2. The molecule has 2 saturated heterocycles. The van der Waals surface area contributed by atoms with Crippen LogP contribution in [0.3, 0.4) is 0 Å². The van der Waals surface area contributed by atoms with Gasteiger partial charge < -0.3 is 19.9 Å². The van der Waals surface area contributed by atoms with E-state index >= 15 is 0 Å². The van der Waals surface area contributed by atoms with Crippen molar-refractivity contribution >= 4 is 16.6 Å². The van der Waals surface area contributed by atoms with E-state index in [0.717, 1.165) is 72.0 Å². The van der Waals surface area contributed by atoms with Crippen LogP contribution in [0.5, 0.6) is 0 Å². The Kier molecular flexibility index (Phi) is 5.28. The second-order valence-corrected chi connectivity index (χ2v) is 9.11. The zero-order valence-corrected chi connectivity index (χ0v) is 18.8. The summed E-state index contributed by atoms with van der Waals surface area (Å²) in [7, 11) is 0. The predicted octanol–water partition coefficient (Wildman–Crippen LogP) is 3.81. The molecular weight excluding hydrogens is 412 g/mol. The van der Waals surface area contributed by atoms with Gasteiger partial charge in [0.25, 0.3) is 0 Å². The largest absolute Gasteiger partial charge is 0.375 e. The Bertz CT molecular complexity index is 1280. The Morgan fingerprint density at radius 1 is 1.12 bits per heavy atom. The number of aromatic nitrogens is 4. The van der Waals surface area contributed by atoms with E-state index in [2.05, 4.69) is 49.4 Å². The van der Waals surface area contributed by atoms with E-state index in [-0.39, 0.29) is 0 Å². The molecule has 0 spiro atoms. The smallest absolute Gasteiger partial charge is 0.0977 e. The first-order valence-electron chi connectivity index (χ1n) is 11.7. The molecule has 5 heterocycles. The van der Waals surface area contributed by atoms with Crippen molar-refractivity contribution in [2.45, 2.75) is 19.4 Å². The molecule has 168 valence electrons. The van der Waals surface area contributed by atoms with Gasteiger partial charge in [0, 0.05) is 48.7 Å². The van der Waals surface area contributed by atoms with E-state index in [9.17, 15) is 0 Å². The van der Waals surface area contributed by atoms with Crippen LogP contribution < -0.4 is 10.2 Å². The number of ether oxygens (including phenoxy) is 1. The van der Waals surface area contributed by atoms with Crippen molar-refractivity contribution in [1.29, 1.82) is 0 Å². The van der Waals surface area contributed by atoms with E-state index in [1.807, 2.05) is 31.3 Å². The number of nitrogens with zero attached hydrogens (tertiary/aromatic N) is 4. The van der Waals surface area contributed by atoms with Gasteiger partial charge in [0.1, 0.15) is 0 Å². The minimum atomic E-state index is 0.404. The first kappa shape index (κ1) is 20.3. The maximum absolute atomic E-state index is 6.01. The molecule has 0 amide bonds. The van der Waals surface area contributed by atoms with E-state index < -0.39 is 0 Å². The molecule has 7 heteroatoms. The number of fused-ring (bicyclic) bond motifs is 1. The third-order valence-electron chi connectivity index (χ3n) is 6.69. The van der Waals surface area contributed by atoms with Gasteiger partial charge in [0.05, 0.1) is 53.5 Å². The lowest BCUT2D eigenvalue weighted by molar-refractivity contribution is 0.00270. The van der Waals surface area contributed by atoms with Crippen molar-refractivity contribution in [3.8, 4) is 22.6 Å². The molecule has 2 fully saturated rings. The molecule has 4 aromatic rings. The maximum atomic E-state index is 6.01. The van der Waals surface area contributed by atoms with E-state index in [1.165, 1.54) is 12.1 Å². The van der Waals surface area contributed by atoms with Crippen LogP contribution in [0.1, 0.15) is 12.1 Å². The van der Waals surface area contributed by atoms with Crippen LogP contribution in [0.15, 0.2) is 55.0 Å². The van der Waals surface area contributed by atoms with Gasteiger partial charge in [-0.05, 0) is 43.7 Å². The fraction of sp³-hybridized carbons (Fsp3) is 0.346. The fourth-order valence-corrected chi connectivity index (χ4v) is 4.69. The number of nitrogens with one attached hydrogen (secondary N) is 2. The zero-order chi connectivity index (χ0) is 22.2. The molecule has 0 bridgehead atoms. The molecule has 7 nitrogen and oxygen atoms in total. The van der Waals surface area contributed by atoms with Gasteiger partial charge in [-0.15, -0.1) is 0 Å². The maximum Gasteiger partial charge on any atom is 0.0977 e. The monoisotopic (exact) mass is 440 g/mol. The Balaban J connectivity index is 1.25. The third kappa shape index (κ3) is 4.10. The van der Waals surface area contributed by atoms with E-state index in [1.54, 1.807) is 6.33 Å². The van der Waals surface area contributed by atoms with Gasteiger partial charge in [0.15, 0.2) is 0 Å². The van der Waals surface area contributed by atoms with Crippen LogP contribution in [-0.4, -0.2) is 58.8 Å². The van der Waals surface area contributed by atoms with Gasteiger partial charge in [-0.25, -0.2) is 4.98 Å². The summed E-state index contributed by atoms with van der Waals surface area (Å²) in [4.78, 5) is 19.7. The van der Waals surface area contributed by atoms with Gasteiger partial charge in [-0.3, -0.25) is 9.97 Å². The molecule has 33 heavy (non-hydrogen) atoms. The topological polar surface area (TPSA) is 79.0 Å². The third-order valence-corrected chi connectivity index (χ3v) is 6.69. The quantitative estimate of drug-likeness (QED) is 0.475. The van der Waals surface area contributed by atoms with Crippen molar-refractivity contribution in [1.82, 2.24) is 25.3 Å². The number of aromatic amines is 1. The van der Waals surface area contributed by atoms with Gasteiger partial charge in [-0.2, -0.15) is 0 Å². The van der Waals surface area contributed by atoms with E-state index in [0.29, 0.717) is 12.0 Å². The van der Waals surface area contributed by atoms with Crippen LogP contribution in [0, 0.1) is 12.8 Å². The summed E-state index contributed by atoms with van der Waals surface area (Å²) in [6.45, 7) is 6.91. The van der Waals surface area contributed by atoms with Crippen molar-refractivity contribution in [2.75, 3.05) is 37.7 Å². The number of H-pyrrole nitrogens is 1. The second-order valence-electron chi connectivity index (χ2n) is 9.11. The molecule has 1 aromatic carbocycles. The minimum absolute atomic E-state index is 0.404. The van der Waals surface area contributed by atoms with Crippen LogP contribution in [0.2, 0.25) is 0 Å². The van der Waals surface area contributed by atoms with E-state index in [4.69, 9.17) is 9.72 Å². The molecule has 0 saturated carbocycles. The Hall–Kier alpha value is -3.29. The Morgan fingerprint density at radius 3 is 2.91 bits per heavy atom. The average Bonchev–Trinajstić information content (AvgIpc) is 3.47. The predicted molar refractivity (Wildman–Crippen MR) is 130 cm³/mol. The molecule has 0 aliphatic carbocycles. The number of benzene rings is 1. The Labute approximate surface area is 193 Å². The second kappa shape index (κ2) is 8.57. The fourth-order valence-electron chi connectivity index (χ4n) is 4.69. The van der Waals surface area contributed by atoms with Gasteiger partial charge in [0.2, 0.25) is 0 Å². The van der Waals surface area contributed by atoms with Crippen LogP contribution in [0.4, 0.5) is 5.69 Å². The zero-order valence-electron chi connectivity index (χ0n) is 18.8. The summed E-state index contributed by atoms with van der Waals surface area (Å²) in [6, 6.07) is 14.6. The van der Waals surface area contributed by atoms with Crippen molar-refractivity contribution in [3.63, 3.8) is 0 Å². The lowest BCUT2D eigenvalue weighted by Crippen LogP contribution is -2.49. The summed E-state index contributed by atoms with van der Waals surface area (Å²) >= 11 is 0. The first-order chi connectivity index (χ1) is 16.2. The summed E-state index contributed by atoms with van der Waals surface area (Å²) in [6.07, 6.45) is 5.30. The first-order valence-corrected chi connectivity index (χ1v) is 11.7. The van der Waals surface area contributed by atoms with Gasteiger partial charge >= 0.3 is 0 Å². The molecule has 3 aromatic heterocycles. The van der Waals surface area contributed by atoms with Crippen molar-refractivity contribution in [2.24, 2.45) is 5.92 Å². The highest BCUT2D eigenvalue weighted by molar-refractivity contribution is 5.88. The Morgan fingerprint density at radius 2 is 2.06 bits per heavy atom. The lowest BCUT2D eigenvalue weighted by Gasteiger charge is -2.28. The molecular formula is C26H28N6O. The highest BCUT2D eigenvalue weighted by atomic mass is 16.5. The van der Waals surface area contributed by atoms with Gasteiger partial charge in [-0.1, -0.05) is 12.1 Å². The molecule has 1 atom stereocenters. The number of aryl methyl sites for hydroxylation is 1. The van der Waals surface area contributed by atoms with Crippen molar-refractivity contribution < 1.29 is 4.74 Å². The highest BCUT2D eigenvalue weighted by Gasteiger charge is 2.26. The number of rotatable bonds is 6. The normalized spacial score (nSPS) is 18.7. The summed E-state index contributed by atoms with van der Waals surface area (Å²) in [5, 5.41) is 4.39. The number of anilines is 1. The molecule has 0 radical (unpaired) electrons. The number of imidazole rings is 1. The molecule has 2 N–H and O–H groups in total. The lowest BCUT2D eigenvalue weighted by atomic mass is 10.0. The van der Waals surface area contributed by atoms with Crippen LogP contribution >= 0.6 is 0 Å². The van der Waals surface area contributed by atoms with Crippen LogP contribution in [-0.2, 0) is 4.74 Å². The standard InChI is InChI=1S/C26H28N6O/c1-17-3-2-4-24(31-17)26-25(29-16-30-26)19-5-6-23-20(9-19)10-21(11-28-23)32-8-7-18(14-32)15-33-22-12-27-13-22/h2-6,9-11,16,18,22,27H,7-8,12-15H2,1H3,(H,29,30). The molecule has 1 unspecified atom stereocenters. The SMILES string of the molecule is Cc1cccc(-c2[nH]cnc2-c2ccc3ncc(N4CCC(COC5CNC5)C4)cc3c2)n1. The average molecular weight is 441 g/mol. The molecule has 2 aliphatic heterocycles. The molecule has 2 aliphatic rings. The number of hydrogen-bond donors (Lipinski definition) is 2. The summed E-state index contributed by atoms with van der Waals surface area (Å²) in [5.41, 5.74) is 6.95. The summed E-state index contributed by atoms with van der Waals surface area (Å²) < 4.78 is 6.01.